The molecule has 0 amide bonds. The zero-order valence-electron chi connectivity index (χ0n) is 11.9. The van der Waals surface area contributed by atoms with Crippen molar-refractivity contribution in [2.45, 2.75) is 57.6 Å². The number of hydrogen-bond acceptors (Lipinski definition) is 5. The van der Waals surface area contributed by atoms with Crippen molar-refractivity contribution in [2.24, 2.45) is 5.92 Å². The molecule has 1 aromatic heterocycles. The molecular formula is C14H22N2O2S. The lowest BCUT2D eigenvalue weighted by molar-refractivity contribution is -0.120. The molecule has 0 aliphatic carbocycles. The summed E-state index contributed by atoms with van der Waals surface area (Å²) in [6, 6.07) is 0. The van der Waals surface area contributed by atoms with Gasteiger partial charge in [0.2, 0.25) is 5.89 Å². The Hall–Kier alpha value is -0.840. The van der Waals surface area contributed by atoms with Gasteiger partial charge in [0, 0.05) is 23.5 Å². The highest BCUT2D eigenvalue weighted by molar-refractivity contribution is 7.99. The van der Waals surface area contributed by atoms with Crippen molar-refractivity contribution in [3.8, 4) is 0 Å². The van der Waals surface area contributed by atoms with Crippen LogP contribution in [0.5, 0.6) is 0 Å². The number of aryl methyl sites for hydroxylation is 1. The van der Waals surface area contributed by atoms with E-state index < -0.39 is 0 Å². The van der Waals surface area contributed by atoms with Crippen LogP contribution in [0.15, 0.2) is 4.52 Å². The molecule has 1 aliphatic heterocycles. The van der Waals surface area contributed by atoms with Crippen LogP contribution >= 0.6 is 11.8 Å². The van der Waals surface area contributed by atoms with E-state index in [0.717, 1.165) is 25.1 Å². The van der Waals surface area contributed by atoms with Crippen LogP contribution in [0.3, 0.4) is 0 Å². The molecule has 1 saturated heterocycles. The van der Waals surface area contributed by atoms with E-state index in [2.05, 4.69) is 17.1 Å². The Balaban J connectivity index is 1.89. The van der Waals surface area contributed by atoms with Crippen LogP contribution in [-0.2, 0) is 11.2 Å². The second-order valence-electron chi connectivity index (χ2n) is 5.50. The van der Waals surface area contributed by atoms with Crippen LogP contribution in [0, 0.1) is 5.92 Å². The fraction of sp³-hybridized carbons (Fsp3) is 0.786. The summed E-state index contributed by atoms with van der Waals surface area (Å²) in [7, 11) is 0. The maximum Gasteiger partial charge on any atom is 0.226 e. The second-order valence-corrected chi connectivity index (χ2v) is 7.05. The average Bonchev–Trinajstić information content (AvgIpc) is 2.84. The number of aromatic nitrogens is 2. The standard InChI is InChI=1S/C14H22N2O2S/c1-9(11(3)17)4-5-13-15-14(16-18-13)12-6-7-19-10(2)8-12/h9-10,12H,4-8H2,1-3H3. The van der Waals surface area contributed by atoms with E-state index in [1.807, 2.05) is 18.7 Å². The molecule has 1 fully saturated rings. The molecule has 106 valence electrons. The first-order valence-electron chi connectivity index (χ1n) is 7.00. The fourth-order valence-electron chi connectivity index (χ4n) is 2.31. The molecular weight excluding hydrogens is 260 g/mol. The van der Waals surface area contributed by atoms with Crippen LogP contribution in [0.1, 0.15) is 57.7 Å². The molecule has 0 spiro atoms. The van der Waals surface area contributed by atoms with Gasteiger partial charge in [-0.2, -0.15) is 16.7 Å². The minimum Gasteiger partial charge on any atom is -0.339 e. The van der Waals surface area contributed by atoms with E-state index in [4.69, 9.17) is 4.52 Å². The second kappa shape index (κ2) is 6.55. The lowest BCUT2D eigenvalue weighted by Crippen LogP contribution is -2.15. The van der Waals surface area contributed by atoms with Crippen molar-refractivity contribution in [1.82, 2.24) is 10.1 Å². The van der Waals surface area contributed by atoms with Crippen LogP contribution in [0.2, 0.25) is 0 Å². The molecule has 3 atom stereocenters. The van der Waals surface area contributed by atoms with Gasteiger partial charge in [-0.3, -0.25) is 4.79 Å². The molecule has 5 heteroatoms. The van der Waals surface area contributed by atoms with Gasteiger partial charge in [-0.15, -0.1) is 0 Å². The van der Waals surface area contributed by atoms with Crippen LogP contribution in [-0.4, -0.2) is 26.9 Å². The summed E-state index contributed by atoms with van der Waals surface area (Å²) in [4.78, 5) is 15.7. The summed E-state index contributed by atoms with van der Waals surface area (Å²) in [6.45, 7) is 5.83. The summed E-state index contributed by atoms with van der Waals surface area (Å²) in [6.07, 6.45) is 3.75. The normalized spacial score (nSPS) is 25.2. The van der Waals surface area contributed by atoms with Crippen molar-refractivity contribution < 1.29 is 9.32 Å². The predicted octanol–water partition coefficient (Wildman–Crippen LogP) is 3.23. The topological polar surface area (TPSA) is 56.0 Å². The van der Waals surface area contributed by atoms with Gasteiger partial charge in [-0.1, -0.05) is 19.0 Å². The zero-order valence-corrected chi connectivity index (χ0v) is 12.7. The zero-order chi connectivity index (χ0) is 13.8. The Morgan fingerprint density at radius 1 is 1.58 bits per heavy atom. The summed E-state index contributed by atoms with van der Waals surface area (Å²) < 4.78 is 5.30. The third-order valence-electron chi connectivity index (χ3n) is 3.82. The Kier molecular flexibility index (Phi) is 5.02. The largest absolute Gasteiger partial charge is 0.339 e. The van der Waals surface area contributed by atoms with Crippen LogP contribution < -0.4 is 0 Å². The molecule has 3 unspecified atom stereocenters. The predicted molar refractivity (Wildman–Crippen MR) is 76.4 cm³/mol. The lowest BCUT2D eigenvalue weighted by Gasteiger charge is -2.23. The first-order chi connectivity index (χ1) is 9.06. The Labute approximate surface area is 118 Å². The van der Waals surface area contributed by atoms with E-state index in [0.29, 0.717) is 23.5 Å². The molecule has 0 N–H and O–H groups in total. The lowest BCUT2D eigenvalue weighted by atomic mass is 9.99. The van der Waals surface area contributed by atoms with E-state index in [1.165, 1.54) is 5.75 Å². The Bertz CT molecular complexity index is 433. The highest BCUT2D eigenvalue weighted by Crippen LogP contribution is 2.34. The van der Waals surface area contributed by atoms with Crippen molar-refractivity contribution in [3.05, 3.63) is 11.7 Å². The summed E-state index contributed by atoms with van der Waals surface area (Å²) in [5.74, 6) is 3.45. The minimum absolute atomic E-state index is 0.0708. The van der Waals surface area contributed by atoms with Crippen LogP contribution in [0.25, 0.3) is 0 Å². The summed E-state index contributed by atoms with van der Waals surface area (Å²) in [5.41, 5.74) is 0. The van der Waals surface area contributed by atoms with E-state index in [9.17, 15) is 4.79 Å². The SMILES string of the molecule is CC(=O)C(C)CCc1nc(C2CCSC(C)C2)no1. The highest BCUT2D eigenvalue weighted by Gasteiger charge is 2.25. The molecule has 0 saturated carbocycles. The third kappa shape index (κ3) is 4.06. The number of ketones is 1. The first-order valence-corrected chi connectivity index (χ1v) is 8.05. The maximum absolute atomic E-state index is 11.2. The highest BCUT2D eigenvalue weighted by atomic mass is 32.2. The number of carbonyl (C=O) groups excluding carboxylic acids is 1. The summed E-state index contributed by atoms with van der Waals surface area (Å²) in [5, 5.41) is 4.80. The van der Waals surface area contributed by atoms with Crippen molar-refractivity contribution >= 4 is 17.5 Å². The van der Waals surface area contributed by atoms with E-state index >= 15 is 0 Å². The molecule has 0 aromatic carbocycles. The molecule has 4 nitrogen and oxygen atoms in total. The molecule has 2 heterocycles. The number of hydrogen-bond donors (Lipinski definition) is 0. The smallest absolute Gasteiger partial charge is 0.226 e. The molecule has 1 aromatic rings. The van der Waals surface area contributed by atoms with Gasteiger partial charge < -0.3 is 4.52 Å². The third-order valence-corrected chi connectivity index (χ3v) is 5.05. The minimum atomic E-state index is 0.0708. The molecule has 0 bridgehead atoms. The van der Waals surface area contributed by atoms with E-state index in [1.54, 1.807) is 6.92 Å². The number of Topliss-reactive ketones (excluding diaryl/α,β-unsaturated/α-hetero) is 1. The number of nitrogens with zero attached hydrogens (tertiary/aromatic N) is 2. The maximum atomic E-state index is 11.2. The monoisotopic (exact) mass is 282 g/mol. The molecule has 2 rings (SSSR count). The van der Waals surface area contributed by atoms with Gasteiger partial charge in [0.05, 0.1) is 0 Å². The van der Waals surface area contributed by atoms with Gasteiger partial charge in [-0.05, 0) is 31.9 Å². The van der Waals surface area contributed by atoms with Gasteiger partial charge in [0.15, 0.2) is 5.82 Å². The number of thioether (sulfide) groups is 1. The average molecular weight is 282 g/mol. The summed E-state index contributed by atoms with van der Waals surface area (Å²) >= 11 is 2.02. The molecule has 0 radical (unpaired) electrons. The Morgan fingerprint density at radius 3 is 3.05 bits per heavy atom. The van der Waals surface area contributed by atoms with E-state index in [-0.39, 0.29) is 11.7 Å². The Morgan fingerprint density at radius 2 is 2.37 bits per heavy atom. The molecule has 1 aliphatic rings. The van der Waals surface area contributed by atoms with Gasteiger partial charge in [-0.25, -0.2) is 0 Å². The van der Waals surface area contributed by atoms with Gasteiger partial charge >= 0.3 is 0 Å². The molecule has 19 heavy (non-hydrogen) atoms. The fourth-order valence-corrected chi connectivity index (χ4v) is 3.50. The first kappa shape index (κ1) is 14.6. The quantitative estimate of drug-likeness (QED) is 0.830. The van der Waals surface area contributed by atoms with Crippen molar-refractivity contribution in [3.63, 3.8) is 0 Å². The number of rotatable bonds is 5. The van der Waals surface area contributed by atoms with Crippen molar-refractivity contribution in [2.75, 3.05) is 5.75 Å². The van der Waals surface area contributed by atoms with Gasteiger partial charge in [0.25, 0.3) is 0 Å². The van der Waals surface area contributed by atoms with Crippen LogP contribution in [0.4, 0.5) is 0 Å². The van der Waals surface area contributed by atoms with Crippen molar-refractivity contribution in [1.29, 1.82) is 0 Å². The van der Waals surface area contributed by atoms with Gasteiger partial charge in [0.1, 0.15) is 5.78 Å². The number of carbonyl (C=O) groups is 1.